The molecule has 0 radical (unpaired) electrons. The molecule has 6 heteroatoms. The largest absolute Gasteiger partial charge is 0.416 e. The Morgan fingerprint density at radius 2 is 2.00 bits per heavy atom. The first kappa shape index (κ1) is 15.8. The standard InChI is InChI=1S/C15H19F3N2O/c16-15(17,18)12-6-11(9-19)7-13(8-12)20-14(21)5-4-10-2-1-3-10/h6-8,10H,1-5,9,19H2,(H,20,21). The second kappa shape index (κ2) is 6.47. The van der Waals surface area contributed by atoms with Crippen LogP contribution in [0.15, 0.2) is 18.2 Å². The van der Waals surface area contributed by atoms with E-state index in [9.17, 15) is 18.0 Å². The molecule has 1 saturated carbocycles. The van der Waals surface area contributed by atoms with Crippen LogP contribution in [-0.4, -0.2) is 5.91 Å². The first-order valence-electron chi connectivity index (χ1n) is 7.09. The number of nitrogens with two attached hydrogens (primary N) is 1. The number of hydrogen-bond acceptors (Lipinski definition) is 2. The van der Waals surface area contributed by atoms with Crippen molar-refractivity contribution in [3.63, 3.8) is 0 Å². The average Bonchev–Trinajstić information content (AvgIpc) is 2.35. The lowest BCUT2D eigenvalue weighted by atomic mass is 9.82. The first-order valence-corrected chi connectivity index (χ1v) is 7.09. The molecule has 21 heavy (non-hydrogen) atoms. The van der Waals surface area contributed by atoms with Gasteiger partial charge in [-0.15, -0.1) is 0 Å². The van der Waals surface area contributed by atoms with E-state index in [4.69, 9.17) is 5.73 Å². The summed E-state index contributed by atoms with van der Waals surface area (Å²) in [4.78, 5) is 11.8. The van der Waals surface area contributed by atoms with E-state index < -0.39 is 11.7 Å². The number of rotatable bonds is 5. The fourth-order valence-corrected chi connectivity index (χ4v) is 2.39. The lowest BCUT2D eigenvalue weighted by molar-refractivity contribution is -0.137. The zero-order valence-corrected chi connectivity index (χ0v) is 11.7. The molecule has 0 unspecified atom stereocenters. The second-order valence-corrected chi connectivity index (χ2v) is 5.50. The highest BCUT2D eigenvalue weighted by molar-refractivity contribution is 5.90. The Kier molecular flexibility index (Phi) is 4.88. The van der Waals surface area contributed by atoms with Crippen molar-refractivity contribution in [1.29, 1.82) is 0 Å². The SMILES string of the molecule is NCc1cc(NC(=O)CCC2CCC2)cc(C(F)(F)F)c1. The number of amides is 1. The van der Waals surface area contributed by atoms with Gasteiger partial charge in [0.2, 0.25) is 5.91 Å². The third kappa shape index (κ3) is 4.46. The fourth-order valence-electron chi connectivity index (χ4n) is 2.39. The Balaban J connectivity index is 2.02. The van der Waals surface area contributed by atoms with Crippen molar-refractivity contribution in [1.82, 2.24) is 0 Å². The molecule has 0 aliphatic heterocycles. The van der Waals surface area contributed by atoms with Gasteiger partial charge in [0, 0.05) is 18.7 Å². The fraction of sp³-hybridized carbons (Fsp3) is 0.533. The molecular weight excluding hydrogens is 281 g/mol. The van der Waals surface area contributed by atoms with Crippen LogP contribution in [0.1, 0.15) is 43.2 Å². The van der Waals surface area contributed by atoms with E-state index >= 15 is 0 Å². The monoisotopic (exact) mass is 300 g/mol. The molecule has 1 amide bonds. The van der Waals surface area contributed by atoms with Crippen LogP contribution in [0.25, 0.3) is 0 Å². The van der Waals surface area contributed by atoms with Gasteiger partial charge in [0.05, 0.1) is 5.56 Å². The molecule has 1 fully saturated rings. The van der Waals surface area contributed by atoms with E-state index in [0.29, 0.717) is 17.9 Å². The number of nitrogens with one attached hydrogen (secondary N) is 1. The van der Waals surface area contributed by atoms with E-state index in [-0.39, 0.29) is 18.1 Å². The molecule has 3 nitrogen and oxygen atoms in total. The maximum atomic E-state index is 12.8. The third-order valence-corrected chi connectivity index (χ3v) is 3.84. The molecule has 1 aromatic rings. The molecule has 0 aromatic heterocycles. The molecule has 0 saturated heterocycles. The Morgan fingerprint density at radius 1 is 1.29 bits per heavy atom. The first-order chi connectivity index (χ1) is 9.88. The number of hydrogen-bond donors (Lipinski definition) is 2. The van der Waals surface area contributed by atoms with Crippen molar-refractivity contribution in [3.05, 3.63) is 29.3 Å². The zero-order chi connectivity index (χ0) is 15.5. The van der Waals surface area contributed by atoms with Crippen LogP contribution in [-0.2, 0) is 17.5 Å². The molecule has 0 bridgehead atoms. The number of carbonyl (C=O) groups is 1. The Hall–Kier alpha value is -1.56. The molecule has 1 aliphatic carbocycles. The van der Waals surface area contributed by atoms with E-state index in [1.807, 2.05) is 0 Å². The minimum Gasteiger partial charge on any atom is -0.326 e. The van der Waals surface area contributed by atoms with Crippen LogP contribution < -0.4 is 11.1 Å². The Bertz CT molecular complexity index is 510. The highest BCUT2D eigenvalue weighted by Gasteiger charge is 2.31. The number of halogens is 3. The predicted molar refractivity (Wildman–Crippen MR) is 74.5 cm³/mol. The number of alkyl halides is 3. The van der Waals surface area contributed by atoms with E-state index in [1.54, 1.807) is 0 Å². The Labute approximate surface area is 121 Å². The summed E-state index contributed by atoms with van der Waals surface area (Å²) < 4.78 is 38.3. The third-order valence-electron chi connectivity index (χ3n) is 3.84. The highest BCUT2D eigenvalue weighted by atomic mass is 19.4. The summed E-state index contributed by atoms with van der Waals surface area (Å²) in [6.45, 7) is -0.00509. The van der Waals surface area contributed by atoms with Crippen LogP contribution in [0.5, 0.6) is 0 Å². The van der Waals surface area contributed by atoms with Gasteiger partial charge < -0.3 is 11.1 Å². The number of anilines is 1. The van der Waals surface area contributed by atoms with Gasteiger partial charge >= 0.3 is 6.18 Å². The summed E-state index contributed by atoms with van der Waals surface area (Å²) in [7, 11) is 0. The number of benzene rings is 1. The summed E-state index contributed by atoms with van der Waals surface area (Å²) in [5.74, 6) is 0.348. The highest BCUT2D eigenvalue weighted by Crippen LogP contribution is 2.33. The molecule has 1 aliphatic rings. The second-order valence-electron chi connectivity index (χ2n) is 5.50. The molecule has 0 heterocycles. The van der Waals surface area contributed by atoms with Gasteiger partial charge in [0.15, 0.2) is 0 Å². The summed E-state index contributed by atoms with van der Waals surface area (Å²) in [5.41, 5.74) is 5.12. The summed E-state index contributed by atoms with van der Waals surface area (Å²) in [6.07, 6.45) is 0.200. The summed E-state index contributed by atoms with van der Waals surface area (Å²) >= 11 is 0. The van der Waals surface area contributed by atoms with Gasteiger partial charge in [-0.05, 0) is 36.1 Å². The van der Waals surface area contributed by atoms with Crippen molar-refractivity contribution < 1.29 is 18.0 Å². The topological polar surface area (TPSA) is 55.1 Å². The molecule has 3 N–H and O–H groups in total. The molecular formula is C15H19F3N2O. The maximum Gasteiger partial charge on any atom is 0.416 e. The van der Waals surface area contributed by atoms with Crippen molar-refractivity contribution in [2.75, 3.05) is 5.32 Å². The minimum atomic E-state index is -4.45. The van der Waals surface area contributed by atoms with Crippen LogP contribution >= 0.6 is 0 Å². The van der Waals surface area contributed by atoms with Crippen LogP contribution in [0.2, 0.25) is 0 Å². The van der Waals surface area contributed by atoms with E-state index in [2.05, 4.69) is 5.32 Å². The van der Waals surface area contributed by atoms with E-state index in [1.165, 1.54) is 12.5 Å². The van der Waals surface area contributed by atoms with Crippen molar-refractivity contribution in [2.24, 2.45) is 11.7 Å². The molecule has 0 spiro atoms. The zero-order valence-electron chi connectivity index (χ0n) is 11.7. The van der Waals surface area contributed by atoms with Crippen LogP contribution in [0, 0.1) is 5.92 Å². The molecule has 116 valence electrons. The molecule has 0 atom stereocenters. The van der Waals surface area contributed by atoms with Gasteiger partial charge in [-0.3, -0.25) is 4.79 Å². The smallest absolute Gasteiger partial charge is 0.326 e. The minimum absolute atomic E-state index is 0.00509. The van der Waals surface area contributed by atoms with Crippen molar-refractivity contribution in [3.8, 4) is 0 Å². The van der Waals surface area contributed by atoms with Gasteiger partial charge in [-0.25, -0.2) is 0 Å². The van der Waals surface area contributed by atoms with Crippen LogP contribution in [0.4, 0.5) is 18.9 Å². The van der Waals surface area contributed by atoms with Crippen molar-refractivity contribution in [2.45, 2.75) is 44.8 Å². The maximum absolute atomic E-state index is 12.8. The van der Waals surface area contributed by atoms with Gasteiger partial charge in [0.1, 0.15) is 0 Å². The van der Waals surface area contributed by atoms with Crippen LogP contribution in [0.3, 0.4) is 0 Å². The van der Waals surface area contributed by atoms with Gasteiger partial charge in [0.25, 0.3) is 0 Å². The predicted octanol–water partition coefficient (Wildman–Crippen LogP) is 3.68. The summed E-state index contributed by atoms with van der Waals surface area (Å²) in [5, 5.41) is 2.54. The van der Waals surface area contributed by atoms with Crippen molar-refractivity contribution >= 4 is 11.6 Å². The average molecular weight is 300 g/mol. The van der Waals surface area contributed by atoms with Gasteiger partial charge in [-0.1, -0.05) is 19.3 Å². The lowest BCUT2D eigenvalue weighted by Gasteiger charge is -2.24. The van der Waals surface area contributed by atoms with E-state index in [0.717, 1.165) is 31.4 Å². The Morgan fingerprint density at radius 3 is 2.52 bits per heavy atom. The lowest BCUT2D eigenvalue weighted by Crippen LogP contribution is -2.17. The normalized spacial score (nSPS) is 15.6. The quantitative estimate of drug-likeness (QED) is 0.871. The molecule has 1 aromatic carbocycles. The summed E-state index contributed by atoms with van der Waals surface area (Å²) in [6, 6.07) is 3.43. The van der Waals surface area contributed by atoms with Gasteiger partial charge in [-0.2, -0.15) is 13.2 Å². The number of carbonyl (C=O) groups excluding carboxylic acids is 1. The molecule has 2 rings (SSSR count).